The number of carbonyl (C=O) groups is 1. The van der Waals surface area contributed by atoms with Gasteiger partial charge in [0.15, 0.2) is 5.96 Å². The van der Waals surface area contributed by atoms with Gasteiger partial charge in [-0.3, -0.25) is 9.69 Å². The maximum atomic E-state index is 12.0. The quantitative estimate of drug-likeness (QED) is 0.248. The average Bonchev–Trinajstić information content (AvgIpc) is 3.26. The lowest BCUT2D eigenvalue weighted by Crippen LogP contribution is -2.53. The Labute approximate surface area is 199 Å². The molecule has 30 heavy (non-hydrogen) atoms. The molecule has 0 aromatic carbocycles. The van der Waals surface area contributed by atoms with Gasteiger partial charge in [0.1, 0.15) is 6.54 Å². The molecule has 9 heteroatoms. The predicted octanol–water partition coefficient (Wildman–Crippen LogP) is 1.40. The number of carbonyl (C=O) groups excluding carboxylic acids is 1. The molecule has 0 aliphatic carbocycles. The summed E-state index contributed by atoms with van der Waals surface area (Å²) in [5.74, 6) is 1.84. The van der Waals surface area contributed by atoms with Gasteiger partial charge in [-0.25, -0.2) is 4.99 Å². The molecule has 0 saturated carbocycles. The molecule has 2 aliphatic heterocycles. The van der Waals surface area contributed by atoms with E-state index >= 15 is 0 Å². The van der Waals surface area contributed by atoms with Crippen LogP contribution in [0.25, 0.3) is 0 Å². The highest BCUT2D eigenvalue weighted by Crippen LogP contribution is 2.19. The van der Waals surface area contributed by atoms with Gasteiger partial charge in [0, 0.05) is 58.8 Å². The molecular formula is C21H42IN5O3. The summed E-state index contributed by atoms with van der Waals surface area (Å²) < 4.78 is 11.0. The van der Waals surface area contributed by atoms with Crippen molar-refractivity contribution in [3.05, 3.63) is 0 Å². The van der Waals surface area contributed by atoms with E-state index in [0.29, 0.717) is 17.9 Å². The zero-order valence-electron chi connectivity index (χ0n) is 19.2. The number of amides is 1. The Bertz CT molecular complexity index is 505. The molecule has 2 atom stereocenters. The minimum Gasteiger partial charge on any atom is -0.381 e. The third-order valence-electron chi connectivity index (χ3n) is 6.04. The smallest absolute Gasteiger partial charge is 0.243 e. The van der Waals surface area contributed by atoms with E-state index in [1.165, 1.54) is 0 Å². The van der Waals surface area contributed by atoms with Crippen molar-refractivity contribution < 1.29 is 14.3 Å². The SMILES string of the molecule is CCC(CC)C(CNC(=NCC(=O)N(C)C)NCC1CCOC1)N1CCOCC1.I. The van der Waals surface area contributed by atoms with Gasteiger partial charge in [-0.1, -0.05) is 26.7 Å². The normalized spacial score (nSPS) is 21.2. The Balaban J connectivity index is 0.00000450. The van der Waals surface area contributed by atoms with Crippen molar-refractivity contribution in [1.82, 2.24) is 20.4 Å². The third-order valence-corrected chi connectivity index (χ3v) is 6.04. The summed E-state index contributed by atoms with van der Waals surface area (Å²) in [6.45, 7) is 11.5. The first-order chi connectivity index (χ1) is 14.0. The van der Waals surface area contributed by atoms with Crippen LogP contribution in [0.15, 0.2) is 4.99 Å². The number of aliphatic imine (C=N–C) groups is 1. The van der Waals surface area contributed by atoms with Gasteiger partial charge >= 0.3 is 0 Å². The van der Waals surface area contributed by atoms with E-state index in [0.717, 1.165) is 77.8 Å². The lowest BCUT2D eigenvalue weighted by atomic mass is 9.92. The third kappa shape index (κ3) is 9.23. The number of hydrogen-bond donors (Lipinski definition) is 2. The van der Waals surface area contributed by atoms with Gasteiger partial charge in [-0.05, 0) is 12.3 Å². The summed E-state index contributed by atoms with van der Waals surface area (Å²) in [4.78, 5) is 20.7. The second kappa shape index (κ2) is 15.2. The maximum absolute atomic E-state index is 12.0. The first-order valence-electron chi connectivity index (χ1n) is 11.2. The molecule has 0 bridgehead atoms. The number of morpholine rings is 1. The number of likely N-dealkylation sites (N-methyl/N-ethyl adjacent to an activating group) is 1. The molecule has 8 nitrogen and oxygen atoms in total. The first kappa shape index (κ1) is 27.4. The molecule has 0 spiro atoms. The van der Waals surface area contributed by atoms with E-state index < -0.39 is 0 Å². The molecule has 176 valence electrons. The van der Waals surface area contributed by atoms with Crippen LogP contribution in [0.5, 0.6) is 0 Å². The van der Waals surface area contributed by atoms with E-state index in [4.69, 9.17) is 9.47 Å². The Morgan fingerprint density at radius 2 is 1.83 bits per heavy atom. The summed E-state index contributed by atoms with van der Waals surface area (Å²) >= 11 is 0. The number of guanidine groups is 1. The van der Waals surface area contributed by atoms with E-state index in [2.05, 4.69) is 34.4 Å². The van der Waals surface area contributed by atoms with Crippen molar-refractivity contribution in [1.29, 1.82) is 0 Å². The molecular weight excluding hydrogens is 497 g/mol. The highest BCUT2D eigenvalue weighted by Gasteiger charge is 2.27. The summed E-state index contributed by atoms with van der Waals surface area (Å²) in [5.41, 5.74) is 0. The minimum absolute atomic E-state index is 0. The first-order valence-corrected chi connectivity index (χ1v) is 11.2. The minimum atomic E-state index is 0. The summed E-state index contributed by atoms with van der Waals surface area (Å²) in [7, 11) is 3.52. The zero-order valence-corrected chi connectivity index (χ0v) is 21.5. The van der Waals surface area contributed by atoms with Crippen LogP contribution in [0.1, 0.15) is 33.1 Å². The molecule has 0 aromatic heterocycles. The fourth-order valence-electron chi connectivity index (χ4n) is 3.98. The molecule has 2 heterocycles. The number of halogens is 1. The van der Waals surface area contributed by atoms with Gasteiger partial charge in [0.05, 0.1) is 19.8 Å². The van der Waals surface area contributed by atoms with Gasteiger partial charge in [-0.2, -0.15) is 0 Å². The molecule has 2 saturated heterocycles. The van der Waals surface area contributed by atoms with Crippen LogP contribution < -0.4 is 10.6 Å². The van der Waals surface area contributed by atoms with Crippen molar-refractivity contribution in [2.45, 2.75) is 39.2 Å². The molecule has 2 rings (SSSR count). The van der Waals surface area contributed by atoms with Crippen molar-refractivity contribution in [3.63, 3.8) is 0 Å². The van der Waals surface area contributed by atoms with E-state index in [1.54, 1.807) is 19.0 Å². The Morgan fingerprint density at radius 1 is 1.13 bits per heavy atom. The fourth-order valence-corrected chi connectivity index (χ4v) is 3.98. The number of hydrogen-bond acceptors (Lipinski definition) is 5. The van der Waals surface area contributed by atoms with E-state index in [-0.39, 0.29) is 36.4 Å². The fraction of sp³-hybridized carbons (Fsp3) is 0.905. The van der Waals surface area contributed by atoms with Crippen LogP contribution in [0.3, 0.4) is 0 Å². The van der Waals surface area contributed by atoms with Crippen molar-refractivity contribution >= 4 is 35.8 Å². The highest BCUT2D eigenvalue weighted by molar-refractivity contribution is 14.0. The lowest BCUT2D eigenvalue weighted by Gasteiger charge is -2.39. The van der Waals surface area contributed by atoms with Crippen LogP contribution in [0.2, 0.25) is 0 Å². The molecule has 0 radical (unpaired) electrons. The van der Waals surface area contributed by atoms with Crippen LogP contribution >= 0.6 is 24.0 Å². The number of ether oxygens (including phenoxy) is 2. The summed E-state index contributed by atoms with van der Waals surface area (Å²) in [6.07, 6.45) is 3.37. The van der Waals surface area contributed by atoms with Crippen LogP contribution in [-0.2, 0) is 14.3 Å². The highest BCUT2D eigenvalue weighted by atomic mass is 127. The summed E-state index contributed by atoms with van der Waals surface area (Å²) in [6, 6.07) is 0.431. The second-order valence-corrected chi connectivity index (χ2v) is 8.24. The summed E-state index contributed by atoms with van der Waals surface area (Å²) in [5, 5.41) is 6.96. The van der Waals surface area contributed by atoms with Gasteiger partial charge < -0.3 is 25.0 Å². The van der Waals surface area contributed by atoms with Crippen LogP contribution in [0, 0.1) is 11.8 Å². The van der Waals surface area contributed by atoms with Gasteiger partial charge in [0.2, 0.25) is 5.91 Å². The second-order valence-electron chi connectivity index (χ2n) is 8.24. The lowest BCUT2D eigenvalue weighted by molar-refractivity contribution is -0.127. The zero-order chi connectivity index (χ0) is 21.1. The van der Waals surface area contributed by atoms with Crippen molar-refractivity contribution in [3.8, 4) is 0 Å². The molecule has 2 fully saturated rings. The monoisotopic (exact) mass is 539 g/mol. The standard InChI is InChI=1S/C21H41N5O3.HI/c1-5-18(6-2)19(26-8-11-28-12-9-26)14-23-21(24-15-20(27)25(3)4)22-13-17-7-10-29-16-17;/h17-19H,5-16H2,1-4H3,(H2,22,23,24);1H. The van der Waals surface area contributed by atoms with E-state index in [1.807, 2.05) is 0 Å². The van der Waals surface area contributed by atoms with Crippen LogP contribution in [-0.4, -0.2) is 101 Å². The Morgan fingerprint density at radius 3 is 2.40 bits per heavy atom. The average molecular weight is 540 g/mol. The Kier molecular flexibility index (Phi) is 13.9. The Hall–Kier alpha value is -0.650. The van der Waals surface area contributed by atoms with Crippen molar-refractivity contribution in [2.75, 3.05) is 73.2 Å². The maximum Gasteiger partial charge on any atom is 0.243 e. The topological polar surface area (TPSA) is 78.4 Å². The van der Waals surface area contributed by atoms with E-state index in [9.17, 15) is 4.79 Å². The molecule has 2 aliphatic rings. The largest absolute Gasteiger partial charge is 0.381 e. The number of rotatable bonds is 10. The van der Waals surface area contributed by atoms with Crippen LogP contribution in [0.4, 0.5) is 0 Å². The van der Waals surface area contributed by atoms with Crippen molar-refractivity contribution in [2.24, 2.45) is 16.8 Å². The molecule has 0 aromatic rings. The molecule has 2 N–H and O–H groups in total. The molecule has 1 amide bonds. The van der Waals surface area contributed by atoms with Gasteiger partial charge in [-0.15, -0.1) is 24.0 Å². The van der Waals surface area contributed by atoms with Gasteiger partial charge in [0.25, 0.3) is 0 Å². The number of nitrogens with zero attached hydrogens (tertiary/aromatic N) is 3. The molecule has 2 unspecified atom stereocenters. The number of nitrogens with one attached hydrogen (secondary N) is 2. The predicted molar refractivity (Wildman–Crippen MR) is 132 cm³/mol.